The Hall–Kier alpha value is -4.18. The molecule has 1 N–H and O–H groups in total. The number of amides is 4. The van der Waals surface area contributed by atoms with Crippen molar-refractivity contribution in [3.63, 3.8) is 0 Å². The van der Waals surface area contributed by atoms with E-state index < -0.39 is 57.0 Å². The van der Waals surface area contributed by atoms with Gasteiger partial charge in [0.15, 0.2) is 21.2 Å². The van der Waals surface area contributed by atoms with Gasteiger partial charge in [-0.2, -0.15) is 0 Å². The molecule has 4 amide bonds. The number of methoxy groups -OCH3 is 1. The molecule has 0 unspecified atom stereocenters. The number of aromatic hydroxyl groups is 1. The largest absolute Gasteiger partial charge is 0.504 e. The zero-order valence-corrected chi connectivity index (χ0v) is 27.0. The zero-order chi connectivity index (χ0) is 33.4. The normalized spacial score (nSPS) is 30.0. The smallest absolute Gasteiger partial charge is 0.258 e. The van der Waals surface area contributed by atoms with Crippen LogP contribution >= 0.6 is 34.8 Å². The molecule has 1 saturated carbocycles. The van der Waals surface area contributed by atoms with E-state index in [0.717, 1.165) is 21.9 Å². The maximum absolute atomic E-state index is 14.4. The van der Waals surface area contributed by atoms with Crippen molar-refractivity contribution in [1.29, 1.82) is 0 Å². The first kappa shape index (κ1) is 31.4. The summed E-state index contributed by atoms with van der Waals surface area (Å²) in [5.41, 5.74) is 1.67. The topological polar surface area (TPSA) is 104 Å². The molecule has 2 saturated heterocycles. The summed E-state index contributed by atoms with van der Waals surface area (Å²) in [5, 5.41) is 10.5. The fourth-order valence-corrected chi connectivity index (χ4v) is 8.51. The third kappa shape index (κ3) is 4.54. The van der Waals surface area contributed by atoms with Crippen LogP contribution in [-0.4, -0.2) is 45.6 Å². The van der Waals surface area contributed by atoms with Crippen LogP contribution in [0.4, 0.5) is 15.8 Å². The zero-order valence-electron chi connectivity index (χ0n) is 24.7. The van der Waals surface area contributed by atoms with Gasteiger partial charge in [-0.3, -0.25) is 24.1 Å². The molecule has 0 bridgehead atoms. The number of ether oxygens (including phenoxy) is 1. The molecule has 3 fully saturated rings. The minimum atomic E-state index is -2.05. The van der Waals surface area contributed by atoms with Crippen LogP contribution in [0.5, 0.6) is 11.5 Å². The number of alkyl halides is 2. The van der Waals surface area contributed by atoms with Crippen molar-refractivity contribution >= 4 is 75.9 Å². The van der Waals surface area contributed by atoms with Gasteiger partial charge in [-0.1, -0.05) is 41.5 Å². The molecule has 12 heteroatoms. The molecule has 47 heavy (non-hydrogen) atoms. The molecule has 240 valence electrons. The summed E-state index contributed by atoms with van der Waals surface area (Å²) in [5.74, 6) is -6.16. The Morgan fingerprint density at radius 3 is 2.23 bits per heavy atom. The molecular formula is C35H26Cl3FN2O6. The van der Waals surface area contributed by atoms with Crippen molar-refractivity contribution in [2.45, 2.75) is 22.6 Å². The van der Waals surface area contributed by atoms with Crippen LogP contribution in [0.2, 0.25) is 5.02 Å². The maximum atomic E-state index is 14.4. The minimum Gasteiger partial charge on any atom is -0.504 e. The maximum Gasteiger partial charge on any atom is 0.258 e. The Labute approximate surface area is 283 Å². The van der Waals surface area contributed by atoms with Crippen molar-refractivity contribution in [3.8, 4) is 11.5 Å². The summed E-state index contributed by atoms with van der Waals surface area (Å²) in [4.78, 5) is 54.4. The average Bonchev–Trinajstić information content (AvgIpc) is 3.40. The first-order chi connectivity index (χ1) is 22.4. The molecule has 8 nitrogen and oxygen atoms in total. The summed E-state index contributed by atoms with van der Waals surface area (Å²) < 4.78 is 19.1. The van der Waals surface area contributed by atoms with Crippen LogP contribution in [0.25, 0.3) is 6.08 Å². The number of hydrogen-bond acceptors (Lipinski definition) is 6. The summed E-state index contributed by atoms with van der Waals surface area (Å²) >= 11 is 20.7. The van der Waals surface area contributed by atoms with Gasteiger partial charge in [-0.05, 0) is 85.0 Å². The molecule has 0 spiro atoms. The van der Waals surface area contributed by atoms with Crippen molar-refractivity contribution in [1.82, 2.24) is 0 Å². The predicted molar refractivity (Wildman–Crippen MR) is 175 cm³/mol. The molecule has 2 aliphatic heterocycles. The van der Waals surface area contributed by atoms with Gasteiger partial charge in [0.25, 0.3) is 11.8 Å². The number of fused-ring (bicyclic) bond motifs is 4. The highest BCUT2D eigenvalue weighted by Crippen LogP contribution is 2.63. The number of allylic oxidation sites excluding steroid dienone is 3. The molecule has 3 aromatic rings. The number of phenolic OH excluding ortho intramolecular Hbond substituents is 1. The number of carbonyl (C=O) groups is 4. The van der Waals surface area contributed by atoms with Crippen LogP contribution in [0.3, 0.4) is 0 Å². The van der Waals surface area contributed by atoms with Gasteiger partial charge in [0.1, 0.15) is 5.82 Å². The van der Waals surface area contributed by atoms with E-state index >= 15 is 0 Å². The van der Waals surface area contributed by atoms with Crippen LogP contribution in [0, 0.1) is 29.5 Å². The Balaban J connectivity index is 1.36. The van der Waals surface area contributed by atoms with E-state index in [2.05, 4.69) is 0 Å². The van der Waals surface area contributed by atoms with Gasteiger partial charge in [-0.25, -0.2) is 9.29 Å². The molecule has 4 aliphatic rings. The number of benzene rings is 3. The third-order valence-electron chi connectivity index (χ3n) is 9.72. The predicted octanol–water partition coefficient (Wildman–Crippen LogP) is 6.51. The van der Waals surface area contributed by atoms with E-state index in [-0.39, 0.29) is 35.9 Å². The highest BCUT2D eigenvalue weighted by molar-refractivity contribution is 6.58. The van der Waals surface area contributed by atoms with E-state index in [1.54, 1.807) is 48.6 Å². The number of rotatable bonds is 5. The second kappa shape index (κ2) is 11.2. The number of imide groups is 2. The summed E-state index contributed by atoms with van der Waals surface area (Å²) in [7, 11) is 1.41. The highest BCUT2D eigenvalue weighted by atomic mass is 35.5. The van der Waals surface area contributed by atoms with Crippen LogP contribution in [-0.2, 0) is 19.2 Å². The van der Waals surface area contributed by atoms with E-state index in [1.165, 1.54) is 25.3 Å². The lowest BCUT2D eigenvalue weighted by Gasteiger charge is -2.49. The summed E-state index contributed by atoms with van der Waals surface area (Å²) in [6.45, 7) is 0. The first-order valence-electron chi connectivity index (χ1n) is 14.8. The van der Waals surface area contributed by atoms with Gasteiger partial charge in [0, 0.05) is 10.9 Å². The molecule has 6 atom stereocenters. The Morgan fingerprint density at radius 2 is 1.55 bits per heavy atom. The number of halogens is 4. The lowest BCUT2D eigenvalue weighted by atomic mass is 9.57. The van der Waals surface area contributed by atoms with E-state index in [4.69, 9.17) is 39.5 Å². The number of anilines is 2. The SMILES string of the molecule is COc1cc(C=C[C@H]2C3=CC[C@@H]4C(=O)N(c5ccc(Cl)cc5)C(=O)[C@@H]4[C@@H]3C[C@@]3(Cl)C(=O)N(c4ccc(F)cc4)C(=O)[C@@]23Cl)ccc1O. The Bertz CT molecular complexity index is 1910. The van der Waals surface area contributed by atoms with Crippen molar-refractivity contribution in [2.75, 3.05) is 16.9 Å². The Kier molecular flexibility index (Phi) is 7.50. The van der Waals surface area contributed by atoms with Crippen LogP contribution < -0.4 is 14.5 Å². The lowest BCUT2D eigenvalue weighted by molar-refractivity contribution is -0.125. The van der Waals surface area contributed by atoms with Gasteiger partial charge in [0.05, 0.1) is 30.3 Å². The highest BCUT2D eigenvalue weighted by Gasteiger charge is 2.76. The van der Waals surface area contributed by atoms with Crippen molar-refractivity contribution in [2.24, 2.45) is 23.7 Å². The quantitative estimate of drug-likeness (QED) is 0.186. The van der Waals surface area contributed by atoms with E-state index in [9.17, 15) is 28.7 Å². The second-order valence-electron chi connectivity index (χ2n) is 12.1. The standard InChI is InChI=1S/C35H26Cl3FN2O6/c1-47-28-16-18(3-15-27(28)42)2-14-26-23-12-13-24-29(31(44)40(30(24)43)21-8-4-19(36)5-9-21)25(23)17-34(37)32(45)41(33(46)35(26,34)38)22-10-6-20(39)7-11-22/h2-12,14-16,24-26,29,42H,13,17H2,1H3/t24-,25+,26-,29-,34+,35-/m0/s1. The third-order valence-corrected chi connectivity index (χ3v) is 11.4. The number of hydrogen-bond donors (Lipinski definition) is 1. The Morgan fingerprint density at radius 1 is 0.894 bits per heavy atom. The molecule has 0 radical (unpaired) electrons. The number of phenols is 1. The van der Waals surface area contributed by atoms with Gasteiger partial charge in [0.2, 0.25) is 11.8 Å². The van der Waals surface area contributed by atoms with E-state index in [1.807, 2.05) is 6.08 Å². The monoisotopic (exact) mass is 694 g/mol. The van der Waals surface area contributed by atoms with Gasteiger partial charge >= 0.3 is 0 Å². The fraction of sp³-hybridized carbons (Fsp3) is 0.257. The van der Waals surface area contributed by atoms with Gasteiger partial charge in [-0.15, -0.1) is 23.2 Å². The second-order valence-corrected chi connectivity index (χ2v) is 13.8. The molecular weight excluding hydrogens is 670 g/mol. The van der Waals surface area contributed by atoms with Crippen LogP contribution in [0.1, 0.15) is 18.4 Å². The first-order valence-corrected chi connectivity index (χ1v) is 15.9. The van der Waals surface area contributed by atoms with Gasteiger partial charge < -0.3 is 9.84 Å². The number of nitrogens with zero attached hydrogens (tertiary/aromatic N) is 2. The van der Waals surface area contributed by atoms with E-state index in [0.29, 0.717) is 21.8 Å². The summed E-state index contributed by atoms with van der Waals surface area (Å²) in [6.07, 6.45) is 5.16. The summed E-state index contributed by atoms with van der Waals surface area (Å²) in [6, 6.07) is 15.9. The molecule has 0 aromatic heterocycles. The van der Waals surface area contributed by atoms with Crippen molar-refractivity contribution in [3.05, 3.63) is 101 Å². The van der Waals surface area contributed by atoms with Crippen molar-refractivity contribution < 1.29 is 33.4 Å². The lowest BCUT2D eigenvalue weighted by Crippen LogP contribution is -2.60. The molecule has 2 heterocycles. The van der Waals surface area contributed by atoms with Crippen LogP contribution in [0.15, 0.2) is 84.5 Å². The molecule has 7 rings (SSSR count). The number of carbonyl (C=O) groups excluding carboxylic acids is 4. The molecule has 3 aromatic carbocycles. The minimum absolute atomic E-state index is 0.0711. The average molecular weight is 696 g/mol. The fourth-order valence-electron chi connectivity index (χ4n) is 7.50. The molecule has 2 aliphatic carbocycles.